The van der Waals surface area contributed by atoms with E-state index in [4.69, 9.17) is 0 Å². The predicted octanol–water partition coefficient (Wildman–Crippen LogP) is 12.7. The first-order valence-corrected chi connectivity index (χ1v) is 18.0. The van der Waals surface area contributed by atoms with E-state index in [1.54, 1.807) is 12.3 Å². The Labute approximate surface area is 214 Å². The Morgan fingerprint density at radius 2 is 0.485 bits per heavy atom. The molecule has 0 spiro atoms. The van der Waals surface area contributed by atoms with Gasteiger partial charge < -0.3 is 0 Å². The van der Waals surface area contributed by atoms with Crippen LogP contribution in [0.25, 0.3) is 0 Å². The van der Waals surface area contributed by atoms with Crippen molar-refractivity contribution in [1.82, 2.24) is 0 Å². The van der Waals surface area contributed by atoms with Gasteiger partial charge in [-0.05, 0) is 31.3 Å². The van der Waals surface area contributed by atoms with Gasteiger partial charge in [0.15, 0.2) is 0 Å². The maximum Gasteiger partial charge on any atom is -0.0326 e. The van der Waals surface area contributed by atoms with Gasteiger partial charge in [-0.3, -0.25) is 0 Å². The molecule has 0 heterocycles. The lowest BCUT2D eigenvalue weighted by Gasteiger charge is -2.15. The lowest BCUT2D eigenvalue weighted by atomic mass is 10.0. The van der Waals surface area contributed by atoms with Gasteiger partial charge in [-0.2, -0.15) is 0 Å². The molecule has 0 saturated heterocycles. The SMILES string of the molecule is CCCCCCCCCCCCCCCP(CC)CCCCCCCCCCCCCCC. The van der Waals surface area contributed by atoms with E-state index >= 15 is 0 Å². The molecular weight excluding hydrogens is 415 g/mol. The van der Waals surface area contributed by atoms with Crippen LogP contribution in [0.3, 0.4) is 0 Å². The minimum absolute atomic E-state index is 0.363. The molecular formula is C32H67P. The van der Waals surface area contributed by atoms with Crippen LogP contribution >= 0.6 is 7.92 Å². The van der Waals surface area contributed by atoms with Crippen molar-refractivity contribution in [2.24, 2.45) is 0 Å². The molecule has 0 aliphatic heterocycles. The zero-order valence-corrected chi connectivity index (χ0v) is 24.8. The fourth-order valence-corrected chi connectivity index (χ4v) is 7.33. The van der Waals surface area contributed by atoms with Crippen molar-refractivity contribution >= 4 is 7.92 Å². The second-order valence-corrected chi connectivity index (χ2v) is 13.8. The molecule has 0 amide bonds. The van der Waals surface area contributed by atoms with E-state index < -0.39 is 0 Å². The Morgan fingerprint density at radius 3 is 0.697 bits per heavy atom. The minimum Gasteiger partial charge on any atom is -0.107 e. The summed E-state index contributed by atoms with van der Waals surface area (Å²) in [7, 11) is 0.363. The fraction of sp³-hybridized carbons (Fsp3) is 1.00. The van der Waals surface area contributed by atoms with E-state index in [1.807, 2.05) is 0 Å². The molecule has 0 nitrogen and oxygen atoms in total. The largest absolute Gasteiger partial charge is 0.107 e. The van der Waals surface area contributed by atoms with Gasteiger partial charge in [0.25, 0.3) is 0 Å². The predicted molar refractivity (Wildman–Crippen MR) is 159 cm³/mol. The van der Waals surface area contributed by atoms with Crippen molar-refractivity contribution in [3.63, 3.8) is 0 Å². The van der Waals surface area contributed by atoms with Crippen molar-refractivity contribution in [3.05, 3.63) is 0 Å². The van der Waals surface area contributed by atoms with Gasteiger partial charge in [0.2, 0.25) is 0 Å². The molecule has 0 saturated carbocycles. The van der Waals surface area contributed by atoms with Gasteiger partial charge in [0, 0.05) is 0 Å². The standard InChI is InChI=1S/C32H67P/c1-4-7-9-11-13-15-17-19-21-23-25-27-29-31-33(6-3)32-30-28-26-24-22-20-18-16-14-12-10-8-5-2/h4-32H2,1-3H3. The summed E-state index contributed by atoms with van der Waals surface area (Å²) in [6, 6.07) is 0. The highest BCUT2D eigenvalue weighted by Crippen LogP contribution is 2.37. The first-order chi connectivity index (χ1) is 16.3. The van der Waals surface area contributed by atoms with E-state index in [9.17, 15) is 0 Å². The number of hydrogen-bond donors (Lipinski definition) is 0. The molecule has 0 bridgehead atoms. The highest BCUT2D eigenvalue weighted by Gasteiger charge is 2.05. The van der Waals surface area contributed by atoms with Crippen LogP contribution in [0.5, 0.6) is 0 Å². The van der Waals surface area contributed by atoms with Crippen molar-refractivity contribution < 1.29 is 0 Å². The van der Waals surface area contributed by atoms with E-state index in [1.165, 1.54) is 173 Å². The van der Waals surface area contributed by atoms with Crippen LogP contribution in [-0.4, -0.2) is 18.5 Å². The summed E-state index contributed by atoms with van der Waals surface area (Å²) in [6.07, 6.45) is 43.1. The van der Waals surface area contributed by atoms with E-state index in [-0.39, 0.29) is 0 Å². The van der Waals surface area contributed by atoms with Gasteiger partial charge in [0.1, 0.15) is 0 Å². The molecule has 0 radical (unpaired) electrons. The second kappa shape index (κ2) is 30.5. The Bertz CT molecular complexity index is 296. The summed E-state index contributed by atoms with van der Waals surface area (Å²) in [5.74, 6) is 0. The molecule has 0 rings (SSSR count). The summed E-state index contributed by atoms with van der Waals surface area (Å²) >= 11 is 0. The molecule has 0 aromatic rings. The molecule has 33 heavy (non-hydrogen) atoms. The molecule has 200 valence electrons. The Kier molecular flexibility index (Phi) is 30.9. The number of rotatable bonds is 29. The maximum absolute atomic E-state index is 2.45. The first-order valence-electron chi connectivity index (χ1n) is 16.1. The van der Waals surface area contributed by atoms with Gasteiger partial charge in [-0.25, -0.2) is 0 Å². The molecule has 0 unspecified atom stereocenters. The Hall–Kier alpha value is 0.430. The smallest absolute Gasteiger partial charge is 0.0326 e. The van der Waals surface area contributed by atoms with Crippen LogP contribution in [0.15, 0.2) is 0 Å². The number of unbranched alkanes of at least 4 members (excludes halogenated alkanes) is 24. The maximum atomic E-state index is 2.45. The fourth-order valence-electron chi connectivity index (χ4n) is 5.13. The summed E-state index contributed by atoms with van der Waals surface area (Å²) in [6.45, 7) is 7.07. The average Bonchev–Trinajstić information content (AvgIpc) is 2.83. The third-order valence-corrected chi connectivity index (χ3v) is 10.4. The van der Waals surface area contributed by atoms with Crippen molar-refractivity contribution in [2.45, 2.75) is 188 Å². The summed E-state index contributed by atoms with van der Waals surface area (Å²) < 4.78 is 0. The molecule has 0 aliphatic carbocycles. The number of hydrogen-bond acceptors (Lipinski definition) is 0. The lowest BCUT2D eigenvalue weighted by molar-refractivity contribution is 0.542. The van der Waals surface area contributed by atoms with Gasteiger partial charge in [0.05, 0.1) is 0 Å². The third kappa shape index (κ3) is 28.6. The molecule has 0 atom stereocenters. The zero-order chi connectivity index (χ0) is 24.1. The monoisotopic (exact) mass is 482 g/mol. The molecule has 0 fully saturated rings. The molecule has 0 aliphatic rings. The molecule has 0 aromatic heterocycles. The van der Waals surface area contributed by atoms with Crippen LogP contribution in [0.2, 0.25) is 0 Å². The average molecular weight is 483 g/mol. The van der Waals surface area contributed by atoms with Crippen molar-refractivity contribution in [2.75, 3.05) is 18.5 Å². The second-order valence-electron chi connectivity index (χ2n) is 10.9. The summed E-state index contributed by atoms with van der Waals surface area (Å²) in [4.78, 5) is 0. The molecule has 0 N–H and O–H groups in total. The zero-order valence-electron chi connectivity index (χ0n) is 24.0. The van der Waals surface area contributed by atoms with Crippen LogP contribution < -0.4 is 0 Å². The lowest BCUT2D eigenvalue weighted by Crippen LogP contribution is -1.94. The van der Waals surface area contributed by atoms with Crippen molar-refractivity contribution in [1.29, 1.82) is 0 Å². The topological polar surface area (TPSA) is 0 Å². The highest BCUT2D eigenvalue weighted by atomic mass is 31.1. The normalized spacial score (nSPS) is 11.6. The summed E-state index contributed by atoms with van der Waals surface area (Å²) in [5, 5.41) is 0. The van der Waals surface area contributed by atoms with Crippen LogP contribution in [0.1, 0.15) is 188 Å². The molecule has 0 aromatic carbocycles. The first kappa shape index (κ1) is 33.4. The van der Waals surface area contributed by atoms with Gasteiger partial charge in [-0.1, -0.05) is 175 Å². The Balaban J connectivity index is 3.26. The van der Waals surface area contributed by atoms with E-state index in [0.29, 0.717) is 7.92 Å². The van der Waals surface area contributed by atoms with Gasteiger partial charge >= 0.3 is 0 Å². The quantitative estimate of drug-likeness (QED) is 0.0734. The van der Waals surface area contributed by atoms with E-state index in [2.05, 4.69) is 20.8 Å². The van der Waals surface area contributed by atoms with Gasteiger partial charge in [-0.15, -0.1) is 7.92 Å². The molecule has 1 heteroatoms. The van der Waals surface area contributed by atoms with E-state index in [0.717, 1.165) is 0 Å². The van der Waals surface area contributed by atoms with Crippen molar-refractivity contribution in [3.8, 4) is 0 Å². The Morgan fingerprint density at radius 1 is 0.273 bits per heavy atom. The minimum atomic E-state index is 0.363. The van der Waals surface area contributed by atoms with Crippen LogP contribution in [-0.2, 0) is 0 Å². The third-order valence-electron chi connectivity index (χ3n) is 7.60. The van der Waals surface area contributed by atoms with Crippen LogP contribution in [0.4, 0.5) is 0 Å². The van der Waals surface area contributed by atoms with Crippen LogP contribution in [0, 0.1) is 0 Å². The highest BCUT2D eigenvalue weighted by molar-refractivity contribution is 7.57. The summed E-state index contributed by atoms with van der Waals surface area (Å²) in [5.41, 5.74) is 0.